The van der Waals surface area contributed by atoms with Gasteiger partial charge in [0.15, 0.2) is 0 Å². The lowest BCUT2D eigenvalue weighted by Gasteiger charge is -2.37. The van der Waals surface area contributed by atoms with Gasteiger partial charge in [0.25, 0.3) is 5.97 Å². The van der Waals surface area contributed by atoms with Gasteiger partial charge in [-0.1, -0.05) is 41.0 Å². The van der Waals surface area contributed by atoms with Crippen molar-refractivity contribution < 1.29 is 33.5 Å². The molecule has 7 heteroatoms. The minimum absolute atomic E-state index is 0.0395. The van der Waals surface area contributed by atoms with E-state index in [9.17, 15) is 0 Å². The molecule has 0 aromatic heterocycles. The Morgan fingerprint density at radius 3 is 1.90 bits per heavy atom. The van der Waals surface area contributed by atoms with Gasteiger partial charge in [0.05, 0.1) is 32.0 Å². The number of ether oxygens (including phenoxy) is 5. The van der Waals surface area contributed by atoms with E-state index in [0.717, 1.165) is 25.7 Å². The second-order valence-electron chi connectivity index (χ2n) is 8.74. The lowest BCUT2D eigenvalue weighted by Crippen LogP contribution is -2.44. The standard InChI is InChI=1S/C24H50O7/c1-10-13-18-27-24(29-21(6)7,28-19-20(4)5)16-14-15-23(25-9,26-17-11-2)31-30-22(8)12-3/h20-22H,10-19H2,1-9H3. The molecule has 0 fully saturated rings. The van der Waals surface area contributed by atoms with Crippen LogP contribution in [0.25, 0.3) is 0 Å². The van der Waals surface area contributed by atoms with Gasteiger partial charge in [0.1, 0.15) is 0 Å². The van der Waals surface area contributed by atoms with Crippen molar-refractivity contribution in [3.63, 3.8) is 0 Å². The van der Waals surface area contributed by atoms with Crippen molar-refractivity contribution in [3.8, 4) is 0 Å². The highest BCUT2D eigenvalue weighted by molar-refractivity contribution is 4.66. The Kier molecular flexibility index (Phi) is 17.1. The molecule has 3 unspecified atom stereocenters. The lowest BCUT2D eigenvalue weighted by atomic mass is 10.1. The average Bonchev–Trinajstić information content (AvgIpc) is 2.73. The van der Waals surface area contributed by atoms with Crippen LogP contribution in [0.4, 0.5) is 0 Å². The van der Waals surface area contributed by atoms with E-state index < -0.39 is 11.9 Å². The summed E-state index contributed by atoms with van der Waals surface area (Å²) in [5.74, 6) is -2.01. The van der Waals surface area contributed by atoms with Crippen LogP contribution in [-0.2, 0) is 33.5 Å². The predicted molar refractivity (Wildman–Crippen MR) is 122 cm³/mol. The zero-order valence-corrected chi connectivity index (χ0v) is 21.7. The molecule has 0 N–H and O–H groups in total. The molecule has 0 aliphatic carbocycles. The topological polar surface area (TPSA) is 64.6 Å². The molecule has 0 aromatic rings. The molecule has 7 nitrogen and oxygen atoms in total. The molecule has 0 aliphatic rings. The van der Waals surface area contributed by atoms with Crippen LogP contribution in [0.1, 0.15) is 100 Å². The molecule has 0 aliphatic heterocycles. The van der Waals surface area contributed by atoms with Crippen molar-refractivity contribution in [1.82, 2.24) is 0 Å². The smallest absolute Gasteiger partial charge is 0.311 e. The summed E-state index contributed by atoms with van der Waals surface area (Å²) in [4.78, 5) is 11.2. The Morgan fingerprint density at radius 1 is 0.742 bits per heavy atom. The van der Waals surface area contributed by atoms with Gasteiger partial charge in [0.2, 0.25) is 0 Å². The van der Waals surface area contributed by atoms with E-state index >= 15 is 0 Å². The quantitative estimate of drug-likeness (QED) is 0.0893. The van der Waals surface area contributed by atoms with Gasteiger partial charge in [-0.15, -0.1) is 0 Å². The van der Waals surface area contributed by atoms with Gasteiger partial charge >= 0.3 is 5.97 Å². The van der Waals surface area contributed by atoms with Crippen molar-refractivity contribution in [2.24, 2.45) is 5.92 Å². The Labute approximate surface area is 191 Å². The Hall–Kier alpha value is -0.280. The number of hydrogen-bond acceptors (Lipinski definition) is 7. The molecule has 0 heterocycles. The van der Waals surface area contributed by atoms with E-state index in [0.29, 0.717) is 45.0 Å². The highest BCUT2D eigenvalue weighted by Gasteiger charge is 2.39. The molecule has 0 rings (SSSR count). The maximum absolute atomic E-state index is 6.20. The summed E-state index contributed by atoms with van der Waals surface area (Å²) in [6, 6.07) is 0. The van der Waals surface area contributed by atoms with Crippen molar-refractivity contribution in [1.29, 1.82) is 0 Å². The van der Waals surface area contributed by atoms with Gasteiger partial charge < -0.3 is 23.7 Å². The van der Waals surface area contributed by atoms with Crippen molar-refractivity contribution in [2.75, 3.05) is 26.9 Å². The first kappa shape index (κ1) is 30.7. The maximum Gasteiger partial charge on any atom is 0.311 e. The van der Waals surface area contributed by atoms with E-state index in [-0.39, 0.29) is 12.2 Å². The molecule has 0 bridgehead atoms. The Morgan fingerprint density at radius 2 is 1.39 bits per heavy atom. The van der Waals surface area contributed by atoms with E-state index in [1.165, 1.54) is 0 Å². The molecule has 0 amide bonds. The third-order valence-electron chi connectivity index (χ3n) is 4.59. The second-order valence-corrected chi connectivity index (χ2v) is 8.74. The lowest BCUT2D eigenvalue weighted by molar-refractivity contribution is -0.514. The van der Waals surface area contributed by atoms with Crippen molar-refractivity contribution in [2.45, 2.75) is 124 Å². The predicted octanol–water partition coefficient (Wildman–Crippen LogP) is 6.20. The van der Waals surface area contributed by atoms with Gasteiger partial charge in [-0.2, -0.15) is 4.89 Å². The van der Waals surface area contributed by atoms with Gasteiger partial charge in [-0.25, -0.2) is 4.89 Å². The number of unbranched alkanes of at least 4 members (excludes halogenated alkanes) is 1. The minimum Gasteiger partial charge on any atom is -0.329 e. The first-order valence-electron chi connectivity index (χ1n) is 12.2. The van der Waals surface area contributed by atoms with Gasteiger partial charge in [-0.3, -0.25) is 0 Å². The number of methoxy groups -OCH3 is 1. The highest BCUT2D eigenvalue weighted by Crippen LogP contribution is 2.30. The van der Waals surface area contributed by atoms with Crippen LogP contribution in [0.3, 0.4) is 0 Å². The zero-order chi connectivity index (χ0) is 23.8. The fourth-order valence-electron chi connectivity index (χ4n) is 2.67. The summed E-state index contributed by atoms with van der Waals surface area (Å²) < 4.78 is 30.1. The minimum atomic E-state index is -1.27. The van der Waals surface area contributed by atoms with E-state index in [2.05, 4.69) is 20.8 Å². The van der Waals surface area contributed by atoms with E-state index in [1.54, 1.807) is 7.11 Å². The van der Waals surface area contributed by atoms with Crippen LogP contribution in [0.15, 0.2) is 0 Å². The summed E-state index contributed by atoms with van der Waals surface area (Å²) in [6.07, 6.45) is 5.17. The molecule has 0 saturated carbocycles. The molecular weight excluding hydrogens is 400 g/mol. The zero-order valence-electron chi connectivity index (χ0n) is 21.7. The van der Waals surface area contributed by atoms with Gasteiger partial charge in [-0.05, 0) is 52.4 Å². The molecule has 0 aromatic carbocycles. The first-order valence-corrected chi connectivity index (χ1v) is 12.2. The van der Waals surface area contributed by atoms with Crippen molar-refractivity contribution >= 4 is 0 Å². The Bertz CT molecular complexity index is 419. The van der Waals surface area contributed by atoms with Crippen molar-refractivity contribution in [3.05, 3.63) is 0 Å². The van der Waals surface area contributed by atoms with E-state index in [1.807, 2.05) is 34.6 Å². The summed E-state index contributed by atoms with van der Waals surface area (Å²) in [5, 5.41) is 0. The first-order chi connectivity index (χ1) is 14.7. The second kappa shape index (κ2) is 17.2. The average molecular weight is 451 g/mol. The maximum atomic E-state index is 6.20. The third-order valence-corrected chi connectivity index (χ3v) is 4.59. The summed E-state index contributed by atoms with van der Waals surface area (Å²) in [6.45, 7) is 18.0. The Balaban J connectivity index is 5.32. The van der Waals surface area contributed by atoms with Crippen LogP contribution < -0.4 is 0 Å². The summed E-state index contributed by atoms with van der Waals surface area (Å²) in [5.41, 5.74) is 0. The SMILES string of the molecule is CCCCOC(CCCC(OC)(OCCC)OOC(C)CC)(OCC(C)C)OC(C)C. The molecule has 3 atom stereocenters. The van der Waals surface area contributed by atoms with E-state index in [4.69, 9.17) is 33.5 Å². The number of hydrogen-bond donors (Lipinski definition) is 0. The molecule has 0 saturated heterocycles. The van der Waals surface area contributed by atoms with Crippen LogP contribution in [0, 0.1) is 5.92 Å². The normalized spacial score (nSPS) is 17.1. The molecule has 31 heavy (non-hydrogen) atoms. The summed E-state index contributed by atoms with van der Waals surface area (Å²) >= 11 is 0. The molecule has 0 radical (unpaired) electrons. The molecular formula is C24H50O7. The fourth-order valence-corrected chi connectivity index (χ4v) is 2.67. The van der Waals surface area contributed by atoms with Crippen LogP contribution in [0.2, 0.25) is 0 Å². The monoisotopic (exact) mass is 450 g/mol. The highest BCUT2D eigenvalue weighted by atomic mass is 17.3. The number of rotatable bonds is 21. The molecule has 0 spiro atoms. The summed E-state index contributed by atoms with van der Waals surface area (Å²) in [7, 11) is 1.57. The fraction of sp³-hybridized carbons (Fsp3) is 1.00. The third kappa shape index (κ3) is 13.8. The largest absolute Gasteiger partial charge is 0.329 e. The van der Waals surface area contributed by atoms with Crippen LogP contribution >= 0.6 is 0 Å². The molecule has 188 valence electrons. The van der Waals surface area contributed by atoms with Crippen LogP contribution in [-0.4, -0.2) is 51.1 Å². The van der Waals surface area contributed by atoms with Gasteiger partial charge in [0, 0.05) is 20.0 Å². The van der Waals surface area contributed by atoms with Crippen LogP contribution in [0.5, 0.6) is 0 Å².